The molecule has 1 aromatic rings. The Bertz CT molecular complexity index is 617. The number of carbonyl (C=O) groups excluding carboxylic acids is 2. The zero-order valence-corrected chi connectivity index (χ0v) is 15.5. The lowest BCUT2D eigenvalue weighted by molar-refractivity contribution is -0.133. The van der Waals surface area contributed by atoms with Gasteiger partial charge in [-0.25, -0.2) is 9.48 Å². The first-order valence-corrected chi connectivity index (χ1v) is 8.66. The number of aromatic nitrogens is 4. The zero-order valence-electron chi connectivity index (χ0n) is 14.7. The fourth-order valence-corrected chi connectivity index (χ4v) is 3.80. The van der Waals surface area contributed by atoms with E-state index in [4.69, 9.17) is 0 Å². The second kappa shape index (κ2) is 8.09. The molecule has 140 valence electrons. The van der Waals surface area contributed by atoms with Crippen LogP contribution in [0.3, 0.4) is 0 Å². The van der Waals surface area contributed by atoms with E-state index in [2.05, 4.69) is 26.2 Å². The highest BCUT2D eigenvalue weighted by Gasteiger charge is 2.54. The van der Waals surface area contributed by atoms with Crippen LogP contribution in [0.2, 0.25) is 0 Å². The Kier molecular flexibility index (Phi) is 6.34. The molecule has 9 nitrogen and oxygen atoms in total. The summed E-state index contributed by atoms with van der Waals surface area (Å²) in [5, 5.41) is 17.6. The standard InChI is InChI=1S/C15H25N7O2.ClH/c1-3-15(12-5-7-16-8-6-12)13(23)21(14(24)17-15)9-4-10-22-11(2)18-19-20-22;/h12,16H,3-10H2,1-2H3,(H,17,24);1H. The Morgan fingerprint density at radius 2 is 1.96 bits per heavy atom. The molecule has 1 aromatic heterocycles. The third kappa shape index (κ3) is 3.62. The van der Waals surface area contributed by atoms with E-state index in [0.717, 1.165) is 31.8 Å². The van der Waals surface area contributed by atoms with E-state index in [9.17, 15) is 9.59 Å². The number of hydrogen-bond donors (Lipinski definition) is 2. The van der Waals surface area contributed by atoms with Crippen LogP contribution in [0.5, 0.6) is 0 Å². The third-order valence-corrected chi connectivity index (χ3v) is 5.26. The van der Waals surface area contributed by atoms with Crippen LogP contribution in [0.4, 0.5) is 4.79 Å². The molecule has 1 atom stereocenters. The van der Waals surface area contributed by atoms with E-state index in [1.54, 1.807) is 4.68 Å². The van der Waals surface area contributed by atoms with Gasteiger partial charge in [0.25, 0.3) is 5.91 Å². The molecule has 3 heterocycles. The predicted molar refractivity (Wildman–Crippen MR) is 93.3 cm³/mol. The molecule has 2 aliphatic rings. The lowest BCUT2D eigenvalue weighted by Crippen LogP contribution is -2.55. The van der Waals surface area contributed by atoms with Crippen LogP contribution in [0, 0.1) is 12.8 Å². The highest BCUT2D eigenvalue weighted by molar-refractivity contribution is 6.07. The average molecular weight is 372 g/mol. The molecule has 2 fully saturated rings. The first-order valence-electron chi connectivity index (χ1n) is 8.66. The van der Waals surface area contributed by atoms with E-state index in [1.807, 2.05) is 13.8 Å². The van der Waals surface area contributed by atoms with Gasteiger partial charge in [-0.05, 0) is 62.0 Å². The number of halogens is 1. The quantitative estimate of drug-likeness (QED) is 0.705. The van der Waals surface area contributed by atoms with Crippen molar-refractivity contribution in [1.29, 1.82) is 0 Å². The molecule has 0 aliphatic carbocycles. The van der Waals surface area contributed by atoms with Crippen LogP contribution in [0.15, 0.2) is 0 Å². The minimum atomic E-state index is -0.732. The number of carbonyl (C=O) groups is 2. The molecule has 1 unspecified atom stereocenters. The van der Waals surface area contributed by atoms with Crippen molar-refractivity contribution in [3.8, 4) is 0 Å². The summed E-state index contributed by atoms with van der Waals surface area (Å²) in [5.41, 5.74) is -0.732. The van der Waals surface area contributed by atoms with Crippen molar-refractivity contribution in [2.75, 3.05) is 19.6 Å². The van der Waals surface area contributed by atoms with Gasteiger partial charge in [-0.1, -0.05) is 6.92 Å². The Hall–Kier alpha value is -1.74. The summed E-state index contributed by atoms with van der Waals surface area (Å²) in [4.78, 5) is 26.8. The molecule has 0 saturated carbocycles. The maximum absolute atomic E-state index is 13.0. The molecule has 10 heteroatoms. The van der Waals surface area contributed by atoms with Crippen LogP contribution in [-0.2, 0) is 11.3 Å². The lowest BCUT2D eigenvalue weighted by Gasteiger charge is -2.37. The molecule has 3 rings (SSSR count). The SMILES string of the molecule is CCC1(C2CCNCC2)NC(=O)N(CCCn2nnnc2C)C1=O.Cl. The Balaban J connectivity index is 0.00000225. The molecule has 2 aliphatic heterocycles. The van der Waals surface area contributed by atoms with Gasteiger partial charge in [0.05, 0.1) is 0 Å². The van der Waals surface area contributed by atoms with E-state index in [0.29, 0.717) is 25.9 Å². The van der Waals surface area contributed by atoms with Crippen LogP contribution in [-0.4, -0.2) is 62.2 Å². The normalized spacial score (nSPS) is 24.3. The number of tetrazole rings is 1. The third-order valence-electron chi connectivity index (χ3n) is 5.26. The van der Waals surface area contributed by atoms with E-state index in [1.165, 1.54) is 4.90 Å². The summed E-state index contributed by atoms with van der Waals surface area (Å²) in [6, 6.07) is -0.270. The van der Waals surface area contributed by atoms with Crippen molar-refractivity contribution in [3.05, 3.63) is 5.82 Å². The summed E-state index contributed by atoms with van der Waals surface area (Å²) < 4.78 is 1.68. The molecule has 3 amide bonds. The monoisotopic (exact) mass is 371 g/mol. The maximum Gasteiger partial charge on any atom is 0.325 e. The van der Waals surface area contributed by atoms with Gasteiger partial charge in [-0.3, -0.25) is 9.69 Å². The molecular formula is C15H26ClN7O2. The Morgan fingerprint density at radius 3 is 2.56 bits per heavy atom. The van der Waals surface area contributed by atoms with Gasteiger partial charge in [0.1, 0.15) is 11.4 Å². The molecule has 0 spiro atoms. The number of urea groups is 1. The zero-order chi connectivity index (χ0) is 17.2. The van der Waals surface area contributed by atoms with Gasteiger partial charge in [0, 0.05) is 13.1 Å². The van der Waals surface area contributed by atoms with Crippen molar-refractivity contribution < 1.29 is 9.59 Å². The Morgan fingerprint density at radius 1 is 1.24 bits per heavy atom. The minimum Gasteiger partial charge on any atom is -0.323 e. The minimum absolute atomic E-state index is 0. The second-order valence-corrected chi connectivity index (χ2v) is 6.54. The van der Waals surface area contributed by atoms with Crippen molar-refractivity contribution >= 4 is 24.3 Å². The van der Waals surface area contributed by atoms with Crippen LogP contribution < -0.4 is 10.6 Å². The van der Waals surface area contributed by atoms with Gasteiger partial charge in [0.15, 0.2) is 0 Å². The number of nitrogens with one attached hydrogen (secondary N) is 2. The molecule has 2 saturated heterocycles. The van der Waals surface area contributed by atoms with Crippen molar-refractivity contribution in [2.24, 2.45) is 5.92 Å². The summed E-state index contributed by atoms with van der Waals surface area (Å²) in [7, 11) is 0. The number of rotatable bonds is 6. The van der Waals surface area contributed by atoms with Crippen LogP contribution >= 0.6 is 12.4 Å². The van der Waals surface area contributed by atoms with E-state index < -0.39 is 5.54 Å². The molecule has 25 heavy (non-hydrogen) atoms. The van der Waals surface area contributed by atoms with Gasteiger partial charge < -0.3 is 10.6 Å². The fraction of sp³-hybridized carbons (Fsp3) is 0.800. The van der Waals surface area contributed by atoms with Crippen LogP contribution in [0.25, 0.3) is 0 Å². The number of nitrogens with zero attached hydrogens (tertiary/aromatic N) is 5. The smallest absolute Gasteiger partial charge is 0.323 e. The van der Waals surface area contributed by atoms with Gasteiger partial charge in [0.2, 0.25) is 0 Å². The highest BCUT2D eigenvalue weighted by atomic mass is 35.5. The second-order valence-electron chi connectivity index (χ2n) is 6.54. The first kappa shape index (κ1) is 19.6. The largest absolute Gasteiger partial charge is 0.325 e. The number of hydrogen-bond acceptors (Lipinski definition) is 6. The molecule has 0 radical (unpaired) electrons. The summed E-state index contributed by atoms with van der Waals surface area (Å²) in [5.74, 6) is 0.854. The van der Waals surface area contributed by atoms with Gasteiger partial charge in [-0.15, -0.1) is 17.5 Å². The molecule has 0 aromatic carbocycles. The topological polar surface area (TPSA) is 105 Å². The highest BCUT2D eigenvalue weighted by Crippen LogP contribution is 2.34. The molecule has 0 bridgehead atoms. The van der Waals surface area contributed by atoms with Gasteiger partial charge >= 0.3 is 6.03 Å². The number of imide groups is 1. The number of aryl methyl sites for hydroxylation is 2. The maximum atomic E-state index is 13.0. The van der Waals surface area contributed by atoms with E-state index >= 15 is 0 Å². The van der Waals surface area contributed by atoms with Crippen molar-refractivity contribution in [2.45, 2.75) is 51.6 Å². The van der Waals surface area contributed by atoms with Crippen LogP contribution in [0.1, 0.15) is 38.4 Å². The molecule has 2 N–H and O–H groups in total. The fourth-order valence-electron chi connectivity index (χ4n) is 3.80. The summed E-state index contributed by atoms with van der Waals surface area (Å²) in [6.07, 6.45) is 3.09. The first-order chi connectivity index (χ1) is 11.6. The number of amides is 3. The van der Waals surface area contributed by atoms with Crippen molar-refractivity contribution in [3.63, 3.8) is 0 Å². The lowest BCUT2D eigenvalue weighted by atomic mass is 9.76. The van der Waals surface area contributed by atoms with E-state index in [-0.39, 0.29) is 30.3 Å². The summed E-state index contributed by atoms with van der Waals surface area (Å²) >= 11 is 0. The van der Waals surface area contributed by atoms with Crippen molar-refractivity contribution in [1.82, 2.24) is 35.7 Å². The van der Waals surface area contributed by atoms with Gasteiger partial charge in [-0.2, -0.15) is 0 Å². The Labute approximate surface area is 153 Å². The number of piperidine rings is 1. The summed E-state index contributed by atoms with van der Waals surface area (Å²) in [6.45, 7) is 6.57. The average Bonchev–Trinajstić information content (AvgIpc) is 3.11. The predicted octanol–water partition coefficient (Wildman–Crippen LogP) is 0.494. The molecular weight excluding hydrogens is 346 g/mol.